The van der Waals surface area contributed by atoms with Crippen LogP contribution in [0.4, 0.5) is 8.78 Å². The van der Waals surface area contributed by atoms with Crippen molar-refractivity contribution in [3.8, 4) is 11.5 Å². The van der Waals surface area contributed by atoms with Crippen LogP contribution in [0, 0.1) is 6.92 Å². The van der Waals surface area contributed by atoms with Crippen LogP contribution in [0.5, 0.6) is 11.5 Å². The van der Waals surface area contributed by atoms with Gasteiger partial charge in [-0.3, -0.25) is 9.19 Å². The average molecular weight is 468 g/mol. The molecule has 7 nitrogen and oxygen atoms in total. The van der Waals surface area contributed by atoms with Gasteiger partial charge in [-0.05, 0) is 25.1 Å². The second kappa shape index (κ2) is 11.9. The number of nitrogens with zero attached hydrogens (tertiary/aromatic N) is 2. The summed E-state index contributed by atoms with van der Waals surface area (Å²) in [6, 6.07) is 6.08. The van der Waals surface area contributed by atoms with Gasteiger partial charge >= 0.3 is 44.3 Å². The minimum Gasteiger partial charge on any atom is -1.00 e. The maximum absolute atomic E-state index is 12.8. The number of aromatic nitrogens is 3. The van der Waals surface area contributed by atoms with Crippen molar-refractivity contribution in [2.24, 2.45) is 0 Å². The Kier molecular flexibility index (Phi) is 9.89. The first-order valence-corrected chi connectivity index (χ1v) is 10.2. The topological polar surface area (TPSA) is 86.3 Å². The molecule has 0 fully saturated rings. The van der Waals surface area contributed by atoms with Crippen molar-refractivity contribution in [2.45, 2.75) is 30.9 Å². The van der Waals surface area contributed by atoms with E-state index in [4.69, 9.17) is 9.47 Å². The summed E-state index contributed by atoms with van der Waals surface area (Å²) in [6.45, 7) is 0.0601. The van der Waals surface area contributed by atoms with Crippen molar-refractivity contribution in [2.75, 3.05) is 20.3 Å². The summed E-state index contributed by atoms with van der Waals surface area (Å²) in [5.74, 6) is 0.826. The van der Waals surface area contributed by atoms with Gasteiger partial charge in [0, 0.05) is 38.0 Å². The number of ether oxygens (including phenoxy) is 3. The van der Waals surface area contributed by atoms with Crippen molar-refractivity contribution in [1.29, 1.82) is 0 Å². The van der Waals surface area contributed by atoms with Gasteiger partial charge in [0.2, 0.25) is 0 Å². The Hall–Kier alpha value is -1.33. The van der Waals surface area contributed by atoms with E-state index in [1.165, 1.54) is 18.2 Å². The van der Waals surface area contributed by atoms with Crippen LogP contribution in [0.15, 0.2) is 35.6 Å². The molecular weight excluding hydrogens is 444 g/mol. The number of rotatable bonds is 10. The maximum Gasteiger partial charge on any atom is 2.00 e. The number of imidazole rings is 1. The molecule has 1 atom stereocenters. The number of aromatic amines is 1. The van der Waals surface area contributed by atoms with E-state index in [0.29, 0.717) is 35.7 Å². The van der Waals surface area contributed by atoms with Gasteiger partial charge in [-0.1, -0.05) is 0 Å². The molecule has 0 aliphatic carbocycles. The van der Waals surface area contributed by atoms with Gasteiger partial charge in [0.25, 0.3) is 0 Å². The molecular formula is C19H23CaF2N3O4S. The number of pyridine rings is 1. The van der Waals surface area contributed by atoms with Gasteiger partial charge in [-0.2, -0.15) is 8.78 Å². The number of hydrogen-bond acceptors (Lipinski definition) is 6. The average Bonchev–Trinajstić information content (AvgIpc) is 3.11. The first-order valence-electron chi connectivity index (χ1n) is 8.87. The molecule has 160 valence electrons. The fourth-order valence-electron chi connectivity index (χ4n) is 2.69. The van der Waals surface area contributed by atoms with Crippen molar-refractivity contribution in [3.63, 3.8) is 0 Å². The quantitative estimate of drug-likeness (QED) is 0.363. The Morgan fingerprint density at radius 2 is 2.07 bits per heavy atom. The largest absolute Gasteiger partial charge is 2.00 e. The molecule has 1 N–H and O–H groups in total. The summed E-state index contributed by atoms with van der Waals surface area (Å²) in [6.07, 6.45) is 2.37. The second-order valence-electron chi connectivity index (χ2n) is 6.16. The van der Waals surface area contributed by atoms with Gasteiger partial charge in [0.05, 0.1) is 39.9 Å². The molecule has 0 bridgehead atoms. The smallest absolute Gasteiger partial charge is 1.00 e. The van der Waals surface area contributed by atoms with Crippen LogP contribution in [0.3, 0.4) is 0 Å². The minimum atomic E-state index is -2.91. The summed E-state index contributed by atoms with van der Waals surface area (Å²) in [7, 11) is 0.129. The van der Waals surface area contributed by atoms with Gasteiger partial charge in [0.15, 0.2) is 5.16 Å². The molecule has 1 aromatic carbocycles. The third kappa shape index (κ3) is 6.58. The van der Waals surface area contributed by atoms with Crippen LogP contribution in [0.1, 0.15) is 20.5 Å². The van der Waals surface area contributed by atoms with Gasteiger partial charge in [-0.15, -0.1) is 0 Å². The molecule has 30 heavy (non-hydrogen) atoms. The monoisotopic (exact) mass is 467 g/mol. The van der Waals surface area contributed by atoms with Crippen LogP contribution < -0.4 is 9.47 Å². The Morgan fingerprint density at radius 3 is 2.80 bits per heavy atom. The molecule has 11 heteroatoms. The number of fused-ring (bicyclic) bond motifs is 1. The summed E-state index contributed by atoms with van der Waals surface area (Å²) in [5.41, 5.74) is 2.41. The number of methoxy groups -OCH3 is 1. The molecule has 2 heterocycles. The third-order valence-corrected chi connectivity index (χ3v) is 5.31. The predicted molar refractivity (Wildman–Crippen MR) is 112 cm³/mol. The molecule has 0 amide bonds. The fourth-order valence-corrected chi connectivity index (χ4v) is 3.79. The molecule has 1 unspecified atom stereocenters. The van der Waals surface area contributed by atoms with E-state index in [9.17, 15) is 13.0 Å². The van der Waals surface area contributed by atoms with E-state index in [2.05, 4.69) is 19.7 Å². The van der Waals surface area contributed by atoms with Crippen LogP contribution in [0.2, 0.25) is 0 Å². The van der Waals surface area contributed by atoms with Crippen molar-refractivity contribution in [3.05, 3.63) is 41.7 Å². The van der Waals surface area contributed by atoms with Crippen molar-refractivity contribution >= 4 is 59.6 Å². The minimum absolute atomic E-state index is 0. The first-order chi connectivity index (χ1) is 14.0. The first kappa shape index (κ1) is 24.9. The number of alkyl halides is 2. The molecule has 0 aliphatic heterocycles. The zero-order valence-electron chi connectivity index (χ0n) is 18.7. The molecule has 3 aromatic rings. The molecule has 0 spiro atoms. The van der Waals surface area contributed by atoms with E-state index in [-0.39, 0.29) is 57.3 Å². The molecule has 0 saturated carbocycles. The Morgan fingerprint density at radius 1 is 1.27 bits per heavy atom. The number of H-pyrrole nitrogens is 1. The van der Waals surface area contributed by atoms with E-state index >= 15 is 0 Å². The van der Waals surface area contributed by atoms with Crippen molar-refractivity contribution < 1.29 is 30.1 Å². The molecule has 3 rings (SSSR count). The number of hydrogen-bond donors (Lipinski definition) is 1. The molecule has 2 aromatic heterocycles. The Balaban J connectivity index is 0.00000320. The molecule has 0 saturated heterocycles. The van der Waals surface area contributed by atoms with E-state index in [1.54, 1.807) is 19.4 Å². The van der Waals surface area contributed by atoms with Crippen LogP contribution in [-0.2, 0) is 21.3 Å². The summed E-state index contributed by atoms with van der Waals surface area (Å²) in [5, 5.41) is 0.238. The van der Waals surface area contributed by atoms with Crippen molar-refractivity contribution in [1.82, 2.24) is 15.0 Å². The van der Waals surface area contributed by atoms with Crippen LogP contribution in [-0.4, -0.2) is 83.8 Å². The van der Waals surface area contributed by atoms with Gasteiger partial charge in [-0.25, -0.2) is 4.98 Å². The standard InChI is InChI=1S/C19H21F2N3O4S.Ca.2H/c1-12-16(22-7-6-17(12)27-9-3-8-26-2)11-29(25)19-23-14-5-4-13(28-18(20)21)10-15(14)24-19;;;/h4-7,10,18H,3,8-9,11H2,1-2H3,(H,23,24);;;/q;+2;2*-1. The Bertz CT molecular complexity index is 1010. The number of halogens is 2. The number of nitrogens with one attached hydrogen (secondary N) is 1. The van der Waals surface area contributed by atoms with E-state index in [0.717, 1.165) is 12.0 Å². The summed E-state index contributed by atoms with van der Waals surface area (Å²) < 4.78 is 52.6. The summed E-state index contributed by atoms with van der Waals surface area (Å²) >= 11 is 0. The Labute approximate surface area is 208 Å². The summed E-state index contributed by atoms with van der Waals surface area (Å²) in [4.78, 5) is 11.5. The van der Waals surface area contributed by atoms with Gasteiger partial charge < -0.3 is 22.0 Å². The van der Waals surface area contributed by atoms with E-state index < -0.39 is 17.4 Å². The second-order valence-corrected chi connectivity index (χ2v) is 7.53. The zero-order chi connectivity index (χ0) is 20.8. The SMILES string of the molecule is COCCCOc1ccnc(CS(=O)c2nc3ccc(OC(F)F)cc3[nH]2)c1C.[Ca+2].[H-].[H-]. The predicted octanol–water partition coefficient (Wildman–Crippen LogP) is 3.44. The fraction of sp³-hybridized carbons (Fsp3) is 0.368. The van der Waals surface area contributed by atoms with Gasteiger partial charge in [0.1, 0.15) is 11.5 Å². The van der Waals surface area contributed by atoms with Crippen LogP contribution >= 0.6 is 0 Å². The van der Waals surface area contributed by atoms with Crippen LogP contribution in [0.25, 0.3) is 11.0 Å². The molecule has 0 radical (unpaired) electrons. The normalized spacial score (nSPS) is 12.0. The number of benzene rings is 1. The molecule has 0 aliphatic rings. The third-order valence-electron chi connectivity index (χ3n) is 4.15. The maximum atomic E-state index is 12.8. The zero-order valence-corrected chi connectivity index (χ0v) is 19.7. The van der Waals surface area contributed by atoms with E-state index in [1.807, 2.05) is 6.92 Å².